The maximum Gasteiger partial charge on any atom is 0.347 e. The number of ether oxygens (including phenoxy) is 1. The number of hydrogen-bond donors (Lipinski definition) is 3. The number of halogens is 1. The third-order valence-electron chi connectivity index (χ3n) is 1.52. The Labute approximate surface area is 56.9 Å². The molecule has 0 amide bonds. The van der Waals surface area contributed by atoms with Crippen molar-refractivity contribution < 1.29 is 24.4 Å². The number of aliphatic hydroxyl groups is 3. The highest BCUT2D eigenvalue weighted by molar-refractivity contribution is 4.87. The molecule has 1 aliphatic heterocycles. The van der Waals surface area contributed by atoms with Gasteiger partial charge in [-0.3, -0.25) is 0 Å². The van der Waals surface area contributed by atoms with Gasteiger partial charge in [0.25, 0.3) is 0 Å². The topological polar surface area (TPSA) is 69.9 Å². The molecule has 0 aliphatic carbocycles. The van der Waals surface area contributed by atoms with Crippen molar-refractivity contribution in [2.45, 2.75) is 31.3 Å². The van der Waals surface area contributed by atoms with E-state index in [2.05, 4.69) is 4.74 Å². The summed E-state index contributed by atoms with van der Waals surface area (Å²) in [5.41, 5.74) is 0. The molecule has 1 aliphatic rings. The van der Waals surface area contributed by atoms with Gasteiger partial charge in [-0.1, -0.05) is 0 Å². The van der Waals surface area contributed by atoms with E-state index in [1.54, 1.807) is 0 Å². The van der Waals surface area contributed by atoms with Crippen LogP contribution in [0.25, 0.3) is 0 Å². The number of aliphatic hydroxyl groups excluding tert-OH is 2. The van der Waals surface area contributed by atoms with Crippen molar-refractivity contribution in [2.24, 2.45) is 0 Å². The van der Waals surface area contributed by atoms with Gasteiger partial charge >= 0.3 is 6.04 Å². The van der Waals surface area contributed by atoms with E-state index >= 15 is 0 Å². The van der Waals surface area contributed by atoms with Gasteiger partial charge in [-0.05, 0) is 6.92 Å². The molecule has 1 fully saturated rings. The molecule has 60 valence electrons. The molecule has 4 atom stereocenters. The second kappa shape index (κ2) is 2.13. The number of rotatable bonds is 0. The first-order valence-corrected chi connectivity index (χ1v) is 2.90. The van der Waals surface area contributed by atoms with E-state index in [1.807, 2.05) is 0 Å². The molecule has 1 rings (SSSR count). The third-order valence-corrected chi connectivity index (χ3v) is 1.52. The molecule has 0 bridgehead atoms. The van der Waals surface area contributed by atoms with Gasteiger partial charge in [0, 0.05) is 0 Å². The summed E-state index contributed by atoms with van der Waals surface area (Å²) in [4.78, 5) is 0. The van der Waals surface area contributed by atoms with E-state index in [9.17, 15) is 4.39 Å². The summed E-state index contributed by atoms with van der Waals surface area (Å²) >= 11 is 0. The zero-order valence-corrected chi connectivity index (χ0v) is 5.36. The molecule has 0 aromatic carbocycles. The molecule has 1 saturated heterocycles. The minimum Gasteiger partial charge on any atom is -0.387 e. The monoisotopic (exact) mass is 152 g/mol. The van der Waals surface area contributed by atoms with Crippen molar-refractivity contribution in [3.05, 3.63) is 0 Å². The Hall–Kier alpha value is -0.230. The molecule has 10 heavy (non-hydrogen) atoms. The van der Waals surface area contributed by atoms with E-state index in [0.29, 0.717) is 0 Å². The Morgan fingerprint density at radius 1 is 1.50 bits per heavy atom. The van der Waals surface area contributed by atoms with Crippen LogP contribution in [0.2, 0.25) is 0 Å². The second-order valence-electron chi connectivity index (χ2n) is 2.37. The molecule has 0 spiro atoms. The van der Waals surface area contributed by atoms with Crippen LogP contribution in [0.5, 0.6) is 0 Å². The Morgan fingerprint density at radius 3 is 2.10 bits per heavy atom. The Bertz CT molecular complexity index is 138. The first-order valence-electron chi connectivity index (χ1n) is 2.90. The molecule has 0 aromatic heterocycles. The van der Waals surface area contributed by atoms with Crippen molar-refractivity contribution in [1.29, 1.82) is 0 Å². The Kier molecular flexibility index (Phi) is 1.68. The van der Waals surface area contributed by atoms with Crippen LogP contribution in [-0.2, 0) is 4.74 Å². The van der Waals surface area contributed by atoms with Crippen LogP contribution in [0.3, 0.4) is 0 Å². The van der Waals surface area contributed by atoms with Gasteiger partial charge < -0.3 is 20.1 Å². The van der Waals surface area contributed by atoms with Crippen LogP contribution in [0.4, 0.5) is 4.39 Å². The highest BCUT2D eigenvalue weighted by Crippen LogP contribution is 2.29. The van der Waals surface area contributed by atoms with Crippen molar-refractivity contribution in [3.63, 3.8) is 0 Å². The SMILES string of the molecule is C[C@H]1OC(O)(F)[C@H](O)[C@@H]1O. The smallest absolute Gasteiger partial charge is 0.347 e. The van der Waals surface area contributed by atoms with E-state index < -0.39 is 24.4 Å². The number of hydrogen-bond acceptors (Lipinski definition) is 4. The average molecular weight is 152 g/mol. The lowest BCUT2D eigenvalue weighted by Crippen LogP contribution is -2.38. The molecular weight excluding hydrogens is 143 g/mol. The van der Waals surface area contributed by atoms with Crippen molar-refractivity contribution in [3.8, 4) is 0 Å². The fourth-order valence-electron chi connectivity index (χ4n) is 0.867. The van der Waals surface area contributed by atoms with Gasteiger partial charge in [0.2, 0.25) is 0 Å². The van der Waals surface area contributed by atoms with Crippen molar-refractivity contribution >= 4 is 0 Å². The van der Waals surface area contributed by atoms with Gasteiger partial charge in [0.15, 0.2) is 6.10 Å². The molecule has 0 saturated carbocycles. The minimum absolute atomic E-state index is 0.884. The highest BCUT2D eigenvalue weighted by atomic mass is 19.2. The van der Waals surface area contributed by atoms with E-state index in [-0.39, 0.29) is 0 Å². The average Bonchev–Trinajstić information content (AvgIpc) is 1.95. The molecular formula is C5H9FO4. The highest BCUT2D eigenvalue weighted by Gasteiger charge is 2.52. The normalized spacial score (nSPS) is 55.5. The first kappa shape index (κ1) is 7.87. The van der Waals surface area contributed by atoms with E-state index in [0.717, 1.165) is 0 Å². The van der Waals surface area contributed by atoms with Crippen molar-refractivity contribution in [1.82, 2.24) is 0 Å². The van der Waals surface area contributed by atoms with Gasteiger partial charge in [-0.25, -0.2) is 0 Å². The zero-order chi connectivity index (χ0) is 7.94. The van der Waals surface area contributed by atoms with Crippen molar-refractivity contribution in [2.75, 3.05) is 0 Å². The summed E-state index contributed by atoms with van der Waals surface area (Å²) in [5, 5.41) is 26.0. The van der Waals surface area contributed by atoms with Crippen LogP contribution in [0, 0.1) is 0 Å². The van der Waals surface area contributed by atoms with Gasteiger partial charge in [-0.15, -0.1) is 0 Å². The maximum absolute atomic E-state index is 12.4. The van der Waals surface area contributed by atoms with Gasteiger partial charge in [0.1, 0.15) is 6.10 Å². The van der Waals surface area contributed by atoms with E-state index in [1.165, 1.54) is 6.92 Å². The lowest BCUT2D eigenvalue weighted by molar-refractivity contribution is -0.307. The molecule has 0 aromatic rings. The summed E-state index contributed by atoms with van der Waals surface area (Å²) in [5.74, 6) is 0. The van der Waals surface area contributed by atoms with Gasteiger partial charge in [0.05, 0.1) is 6.10 Å². The first-order chi connectivity index (χ1) is 4.45. The summed E-state index contributed by atoms with van der Waals surface area (Å²) in [6.07, 6.45) is -4.12. The predicted molar refractivity (Wildman–Crippen MR) is 28.6 cm³/mol. The van der Waals surface area contributed by atoms with E-state index in [4.69, 9.17) is 15.3 Å². The molecule has 3 N–H and O–H groups in total. The summed E-state index contributed by atoms with van der Waals surface area (Å²) in [7, 11) is 0. The molecule has 4 nitrogen and oxygen atoms in total. The summed E-state index contributed by atoms with van der Waals surface area (Å²) in [6.45, 7) is 1.35. The molecule has 1 heterocycles. The third kappa shape index (κ3) is 1.01. The van der Waals surface area contributed by atoms with Crippen LogP contribution in [-0.4, -0.2) is 39.7 Å². The Morgan fingerprint density at radius 2 is 2.00 bits per heavy atom. The fourth-order valence-corrected chi connectivity index (χ4v) is 0.867. The van der Waals surface area contributed by atoms with Crippen LogP contribution in [0.1, 0.15) is 6.92 Å². The van der Waals surface area contributed by atoms with Crippen LogP contribution >= 0.6 is 0 Å². The molecule has 0 radical (unpaired) electrons. The zero-order valence-electron chi connectivity index (χ0n) is 5.36. The standard InChI is InChI=1S/C5H9FO4/c1-2-3(7)4(8)5(6,9)10-2/h2-4,7-9H,1H3/t2-,3-,4-,5?/m1/s1. The maximum atomic E-state index is 12.4. The lowest BCUT2D eigenvalue weighted by Gasteiger charge is -2.14. The second-order valence-corrected chi connectivity index (χ2v) is 2.37. The largest absolute Gasteiger partial charge is 0.387 e. The van der Waals surface area contributed by atoms with Crippen LogP contribution < -0.4 is 0 Å². The Balaban J connectivity index is 2.71. The molecule has 1 unspecified atom stereocenters. The minimum atomic E-state index is -3.10. The summed E-state index contributed by atoms with van der Waals surface area (Å²) < 4.78 is 16.6. The van der Waals surface area contributed by atoms with Crippen LogP contribution in [0.15, 0.2) is 0 Å². The quantitative estimate of drug-likeness (QED) is 0.405. The number of alkyl halides is 1. The fraction of sp³-hybridized carbons (Fsp3) is 1.00. The lowest BCUT2D eigenvalue weighted by atomic mass is 10.1. The van der Waals surface area contributed by atoms with Gasteiger partial charge in [-0.2, -0.15) is 4.39 Å². The molecule has 5 heteroatoms. The predicted octanol–water partition coefficient (Wildman–Crippen LogP) is -1.26. The summed E-state index contributed by atoms with van der Waals surface area (Å²) in [6, 6.07) is -3.10.